The molecule has 1 amide bonds. The van der Waals surface area contributed by atoms with Gasteiger partial charge >= 0.3 is 5.97 Å². The van der Waals surface area contributed by atoms with Gasteiger partial charge in [0.25, 0.3) is 0 Å². The summed E-state index contributed by atoms with van der Waals surface area (Å²) in [6, 6.07) is 0. The van der Waals surface area contributed by atoms with Crippen LogP contribution in [0.25, 0.3) is 0 Å². The van der Waals surface area contributed by atoms with Crippen LogP contribution in [0.15, 0.2) is 0 Å². The van der Waals surface area contributed by atoms with Gasteiger partial charge in [-0.15, -0.1) is 0 Å². The Hall–Kier alpha value is -1.14. The maximum atomic E-state index is 12.0. The van der Waals surface area contributed by atoms with Gasteiger partial charge in [-0.3, -0.25) is 14.5 Å². The van der Waals surface area contributed by atoms with E-state index in [0.717, 1.165) is 32.8 Å². The maximum Gasteiger partial charge on any atom is 0.307 e. The van der Waals surface area contributed by atoms with Gasteiger partial charge in [0.05, 0.1) is 25.0 Å². The quantitative estimate of drug-likeness (QED) is 0.723. The summed E-state index contributed by atoms with van der Waals surface area (Å²) >= 11 is 0. The van der Waals surface area contributed by atoms with E-state index in [1.165, 1.54) is 0 Å². The number of aliphatic carboxylic acids is 1. The number of rotatable bonds is 5. The number of carboxylic acids is 1. The van der Waals surface area contributed by atoms with Crippen LogP contribution in [0.2, 0.25) is 0 Å². The number of carboxylic acid groups (broad SMARTS) is 1. The van der Waals surface area contributed by atoms with Crippen molar-refractivity contribution in [2.45, 2.75) is 13.8 Å². The van der Waals surface area contributed by atoms with E-state index in [1.54, 1.807) is 0 Å². The minimum atomic E-state index is -0.877. The fourth-order valence-corrected chi connectivity index (χ4v) is 2.86. The summed E-state index contributed by atoms with van der Waals surface area (Å²) in [5.74, 6) is -1.95. The molecular weight excluding hydrogens is 248 g/mol. The summed E-state index contributed by atoms with van der Waals surface area (Å²) in [5, 5.41) is 11.9. The summed E-state index contributed by atoms with van der Waals surface area (Å²) in [6.45, 7) is 8.29. The molecular formula is C13H22N2O4. The van der Waals surface area contributed by atoms with E-state index in [1.807, 2.05) is 13.8 Å². The van der Waals surface area contributed by atoms with Crippen molar-refractivity contribution in [2.24, 2.45) is 17.3 Å². The number of nitrogens with zero attached hydrogens (tertiary/aromatic N) is 1. The summed E-state index contributed by atoms with van der Waals surface area (Å²) in [7, 11) is 0. The molecule has 1 aliphatic heterocycles. The molecule has 0 aromatic rings. The number of carbonyl (C=O) groups excluding carboxylic acids is 1. The molecule has 19 heavy (non-hydrogen) atoms. The Morgan fingerprint density at radius 3 is 2.47 bits per heavy atom. The third-order valence-corrected chi connectivity index (χ3v) is 4.21. The van der Waals surface area contributed by atoms with Gasteiger partial charge in [0.1, 0.15) is 0 Å². The molecule has 2 fully saturated rings. The van der Waals surface area contributed by atoms with E-state index in [2.05, 4.69) is 10.2 Å². The minimum Gasteiger partial charge on any atom is -0.481 e. The average molecular weight is 270 g/mol. The monoisotopic (exact) mass is 270 g/mol. The van der Waals surface area contributed by atoms with E-state index >= 15 is 0 Å². The lowest BCUT2D eigenvalue weighted by Gasteiger charge is -2.26. The fourth-order valence-electron chi connectivity index (χ4n) is 2.86. The summed E-state index contributed by atoms with van der Waals surface area (Å²) in [5.41, 5.74) is -0.422. The molecule has 2 N–H and O–H groups in total. The lowest BCUT2D eigenvalue weighted by atomic mass is 10.1. The van der Waals surface area contributed by atoms with Crippen LogP contribution in [0.3, 0.4) is 0 Å². The van der Waals surface area contributed by atoms with Gasteiger partial charge in [-0.25, -0.2) is 0 Å². The summed E-state index contributed by atoms with van der Waals surface area (Å²) < 4.78 is 5.25. The number of nitrogens with one attached hydrogen (secondary N) is 1. The minimum absolute atomic E-state index is 0.134. The lowest BCUT2D eigenvalue weighted by Crippen LogP contribution is -2.41. The molecule has 0 unspecified atom stereocenters. The van der Waals surface area contributed by atoms with Crippen molar-refractivity contribution in [1.82, 2.24) is 10.2 Å². The van der Waals surface area contributed by atoms with E-state index in [-0.39, 0.29) is 5.91 Å². The van der Waals surface area contributed by atoms with Crippen molar-refractivity contribution in [2.75, 3.05) is 39.4 Å². The molecule has 1 saturated carbocycles. The van der Waals surface area contributed by atoms with Gasteiger partial charge in [-0.05, 0) is 5.41 Å². The van der Waals surface area contributed by atoms with Crippen molar-refractivity contribution in [3.05, 3.63) is 0 Å². The van der Waals surface area contributed by atoms with Gasteiger partial charge in [0.2, 0.25) is 5.91 Å². The average Bonchev–Trinajstić information content (AvgIpc) is 2.94. The highest BCUT2D eigenvalue weighted by molar-refractivity contribution is 5.91. The number of carbonyl (C=O) groups is 2. The third-order valence-electron chi connectivity index (χ3n) is 4.21. The molecule has 0 aromatic carbocycles. The predicted molar refractivity (Wildman–Crippen MR) is 68.7 cm³/mol. The SMILES string of the molecule is CC1(C)[C@H](C(=O)O)[C@@H]1C(=O)NCCN1CCOCC1. The first kappa shape index (κ1) is 14.3. The zero-order chi connectivity index (χ0) is 14.0. The van der Waals surface area contributed by atoms with E-state index in [9.17, 15) is 9.59 Å². The van der Waals surface area contributed by atoms with Crippen LogP contribution in [0.4, 0.5) is 0 Å². The first-order chi connectivity index (χ1) is 8.94. The highest BCUT2D eigenvalue weighted by Crippen LogP contribution is 2.58. The number of hydrogen-bond donors (Lipinski definition) is 2. The van der Waals surface area contributed by atoms with Crippen LogP contribution < -0.4 is 5.32 Å². The Balaban J connectivity index is 1.72. The number of amides is 1. The van der Waals surface area contributed by atoms with Crippen molar-refractivity contribution in [3.8, 4) is 0 Å². The van der Waals surface area contributed by atoms with Gasteiger partial charge in [-0.1, -0.05) is 13.8 Å². The smallest absolute Gasteiger partial charge is 0.307 e. The molecule has 0 spiro atoms. The Morgan fingerprint density at radius 2 is 1.95 bits per heavy atom. The molecule has 2 rings (SSSR count). The first-order valence-corrected chi connectivity index (χ1v) is 6.75. The van der Waals surface area contributed by atoms with E-state index in [4.69, 9.17) is 9.84 Å². The van der Waals surface area contributed by atoms with Gasteiger partial charge in [-0.2, -0.15) is 0 Å². The largest absolute Gasteiger partial charge is 0.481 e. The van der Waals surface area contributed by atoms with Crippen molar-refractivity contribution < 1.29 is 19.4 Å². The summed E-state index contributed by atoms with van der Waals surface area (Å²) in [4.78, 5) is 25.2. The molecule has 1 saturated heterocycles. The number of morpholine rings is 1. The van der Waals surface area contributed by atoms with Crippen LogP contribution in [-0.4, -0.2) is 61.3 Å². The fraction of sp³-hybridized carbons (Fsp3) is 0.846. The predicted octanol–water partition coefficient (Wildman–Crippen LogP) is -0.208. The summed E-state index contributed by atoms with van der Waals surface area (Å²) in [6.07, 6.45) is 0. The third kappa shape index (κ3) is 3.06. The van der Waals surface area contributed by atoms with Gasteiger partial charge < -0.3 is 15.2 Å². The number of ether oxygens (including phenoxy) is 1. The zero-order valence-corrected chi connectivity index (χ0v) is 11.5. The van der Waals surface area contributed by atoms with Crippen molar-refractivity contribution in [3.63, 3.8) is 0 Å². The molecule has 0 radical (unpaired) electrons. The highest BCUT2D eigenvalue weighted by Gasteiger charge is 2.65. The normalized spacial score (nSPS) is 29.8. The molecule has 0 aromatic heterocycles. The zero-order valence-electron chi connectivity index (χ0n) is 11.5. The Labute approximate surface area is 113 Å². The van der Waals surface area contributed by atoms with Gasteiger partial charge in [0, 0.05) is 26.2 Å². The van der Waals surface area contributed by atoms with Crippen molar-refractivity contribution >= 4 is 11.9 Å². The maximum absolute atomic E-state index is 12.0. The van der Waals surface area contributed by atoms with Crippen molar-refractivity contribution in [1.29, 1.82) is 0 Å². The van der Waals surface area contributed by atoms with Crippen LogP contribution in [0.5, 0.6) is 0 Å². The molecule has 6 heteroatoms. The molecule has 6 nitrogen and oxygen atoms in total. The second-order valence-electron chi connectivity index (χ2n) is 5.86. The van der Waals surface area contributed by atoms with Crippen LogP contribution in [0, 0.1) is 17.3 Å². The molecule has 108 valence electrons. The molecule has 2 aliphatic rings. The van der Waals surface area contributed by atoms with E-state index in [0.29, 0.717) is 6.54 Å². The van der Waals surface area contributed by atoms with Crippen LogP contribution in [0.1, 0.15) is 13.8 Å². The lowest BCUT2D eigenvalue weighted by molar-refractivity contribution is -0.140. The van der Waals surface area contributed by atoms with Crippen LogP contribution in [-0.2, 0) is 14.3 Å². The topological polar surface area (TPSA) is 78.9 Å². The van der Waals surface area contributed by atoms with Gasteiger partial charge in [0.15, 0.2) is 0 Å². The molecule has 2 atom stereocenters. The Morgan fingerprint density at radius 1 is 1.32 bits per heavy atom. The molecule has 1 heterocycles. The first-order valence-electron chi connectivity index (χ1n) is 6.75. The second kappa shape index (κ2) is 5.46. The molecule has 1 aliphatic carbocycles. The Kier molecular flexibility index (Phi) is 4.10. The highest BCUT2D eigenvalue weighted by atomic mass is 16.5. The molecule has 0 bridgehead atoms. The Bertz CT molecular complexity index is 364. The van der Waals surface area contributed by atoms with Crippen LogP contribution >= 0.6 is 0 Å². The van der Waals surface area contributed by atoms with E-state index < -0.39 is 23.2 Å². The standard InChI is InChI=1S/C13H22N2O4/c1-13(2)9(10(13)12(17)18)11(16)14-3-4-15-5-7-19-8-6-15/h9-10H,3-8H2,1-2H3,(H,14,16)(H,17,18)/t9-,10+/m1/s1. The second-order valence-corrected chi connectivity index (χ2v) is 5.86. The number of hydrogen-bond acceptors (Lipinski definition) is 4.